The number of aromatic nitrogens is 1. The summed E-state index contributed by atoms with van der Waals surface area (Å²) < 4.78 is 5.47. The van der Waals surface area contributed by atoms with E-state index in [-0.39, 0.29) is 5.91 Å². The minimum absolute atomic E-state index is 0.0155. The number of likely N-dealkylation sites (tertiary alicyclic amines) is 1. The number of pyridine rings is 1. The van der Waals surface area contributed by atoms with Crippen molar-refractivity contribution < 1.29 is 9.53 Å². The quantitative estimate of drug-likeness (QED) is 0.889. The summed E-state index contributed by atoms with van der Waals surface area (Å²) in [4.78, 5) is 20.4. The maximum absolute atomic E-state index is 11.9. The molecule has 1 atom stereocenters. The first-order chi connectivity index (χ1) is 11.6. The molecule has 1 aromatic heterocycles. The Kier molecular flexibility index (Phi) is 5.68. The van der Waals surface area contributed by atoms with Crippen LogP contribution < -0.4 is 5.32 Å². The molecule has 3 heterocycles. The van der Waals surface area contributed by atoms with Crippen molar-refractivity contribution in [3.63, 3.8) is 0 Å². The number of carbonyl (C=O) groups is 1. The fourth-order valence-electron chi connectivity index (χ4n) is 3.43. The zero-order valence-corrected chi connectivity index (χ0v) is 14.7. The largest absolute Gasteiger partial charge is 0.381 e. The fourth-order valence-corrected chi connectivity index (χ4v) is 3.43. The first kappa shape index (κ1) is 17.2. The van der Waals surface area contributed by atoms with E-state index in [0.717, 1.165) is 50.9 Å². The molecule has 2 fully saturated rings. The summed E-state index contributed by atoms with van der Waals surface area (Å²) in [6.45, 7) is 5.30. The Labute approximate surface area is 144 Å². The highest BCUT2D eigenvalue weighted by atomic mass is 16.5. The predicted octanol–water partition coefficient (Wildman–Crippen LogP) is 1.70. The minimum atomic E-state index is -0.0155. The van der Waals surface area contributed by atoms with Crippen LogP contribution in [0.1, 0.15) is 29.6 Å². The molecule has 1 unspecified atom stereocenters. The topological polar surface area (TPSA) is 57.7 Å². The van der Waals surface area contributed by atoms with Crippen molar-refractivity contribution in [2.24, 2.45) is 5.92 Å². The van der Waals surface area contributed by atoms with Gasteiger partial charge in [0.05, 0.1) is 12.2 Å². The Balaban J connectivity index is 1.44. The lowest BCUT2D eigenvalue weighted by atomic mass is 10.0. The Morgan fingerprint density at radius 2 is 2.12 bits per heavy atom. The Hall–Kier alpha value is -1.66. The Morgan fingerprint density at radius 3 is 2.71 bits per heavy atom. The number of piperidine rings is 1. The van der Waals surface area contributed by atoms with Crippen LogP contribution in [0.5, 0.6) is 0 Å². The van der Waals surface area contributed by atoms with E-state index < -0.39 is 0 Å². The van der Waals surface area contributed by atoms with E-state index in [2.05, 4.69) is 15.2 Å². The van der Waals surface area contributed by atoms with E-state index in [0.29, 0.717) is 11.6 Å². The molecular formula is C18H28N4O2. The molecule has 2 saturated heterocycles. The van der Waals surface area contributed by atoms with E-state index >= 15 is 0 Å². The lowest BCUT2D eigenvalue weighted by Gasteiger charge is -2.33. The van der Waals surface area contributed by atoms with Gasteiger partial charge in [-0.25, -0.2) is 4.98 Å². The Bertz CT molecular complexity index is 532. The number of nitrogens with zero attached hydrogens (tertiary/aromatic N) is 3. The third-order valence-corrected chi connectivity index (χ3v) is 4.90. The molecule has 0 saturated carbocycles. The summed E-state index contributed by atoms with van der Waals surface area (Å²) in [5, 5.41) is 3.50. The number of ether oxygens (including phenoxy) is 1. The third kappa shape index (κ3) is 4.45. The van der Waals surface area contributed by atoms with Crippen molar-refractivity contribution in [2.75, 3.05) is 52.3 Å². The number of carbonyl (C=O) groups excluding carboxylic acids is 1. The number of nitrogens with one attached hydrogen (secondary N) is 1. The summed E-state index contributed by atoms with van der Waals surface area (Å²) in [5.41, 5.74) is 0.624. The molecule has 24 heavy (non-hydrogen) atoms. The first-order valence-corrected chi connectivity index (χ1v) is 8.86. The van der Waals surface area contributed by atoms with Crippen LogP contribution in [0.25, 0.3) is 0 Å². The summed E-state index contributed by atoms with van der Waals surface area (Å²) >= 11 is 0. The van der Waals surface area contributed by atoms with Gasteiger partial charge in [-0.15, -0.1) is 0 Å². The molecule has 6 nitrogen and oxygen atoms in total. The molecular weight excluding hydrogens is 304 g/mol. The van der Waals surface area contributed by atoms with Gasteiger partial charge in [-0.1, -0.05) is 0 Å². The molecule has 0 bridgehead atoms. The van der Waals surface area contributed by atoms with E-state index in [4.69, 9.17) is 4.74 Å². The molecule has 0 aromatic carbocycles. The third-order valence-electron chi connectivity index (χ3n) is 4.90. The van der Waals surface area contributed by atoms with Crippen LogP contribution in [-0.4, -0.2) is 73.7 Å². The molecule has 0 aliphatic carbocycles. The molecule has 1 aromatic rings. The minimum Gasteiger partial charge on any atom is -0.381 e. The second-order valence-corrected chi connectivity index (χ2v) is 7.08. The summed E-state index contributed by atoms with van der Waals surface area (Å²) in [7, 11) is 3.50. The maximum atomic E-state index is 11.9. The highest BCUT2D eigenvalue weighted by molar-refractivity contribution is 5.93. The predicted molar refractivity (Wildman–Crippen MR) is 94.3 cm³/mol. The van der Waals surface area contributed by atoms with Crippen molar-refractivity contribution in [3.8, 4) is 0 Å². The number of amides is 1. The van der Waals surface area contributed by atoms with Crippen molar-refractivity contribution in [3.05, 3.63) is 23.9 Å². The van der Waals surface area contributed by atoms with Gasteiger partial charge >= 0.3 is 0 Å². The van der Waals surface area contributed by atoms with Gasteiger partial charge in [0.15, 0.2) is 0 Å². The molecule has 3 rings (SSSR count). The van der Waals surface area contributed by atoms with Crippen LogP contribution >= 0.6 is 0 Å². The second-order valence-electron chi connectivity index (χ2n) is 7.08. The molecule has 2 aliphatic rings. The summed E-state index contributed by atoms with van der Waals surface area (Å²) in [6, 6.07) is 4.20. The number of hydrogen-bond donors (Lipinski definition) is 1. The smallest absolute Gasteiger partial charge is 0.254 e. The standard InChI is InChI=1S/C18H28N4O2/c1-21(2)18(23)15-3-4-17(19-11-15)20-16-5-8-22(9-6-16)12-14-7-10-24-13-14/h3-4,11,14,16H,5-10,12-13H2,1-2H3,(H,19,20). The maximum Gasteiger partial charge on any atom is 0.254 e. The van der Waals surface area contributed by atoms with Crippen LogP contribution in [-0.2, 0) is 4.74 Å². The lowest BCUT2D eigenvalue weighted by molar-refractivity contribution is 0.0827. The molecule has 0 radical (unpaired) electrons. The zero-order valence-electron chi connectivity index (χ0n) is 14.7. The number of rotatable bonds is 5. The molecule has 2 aliphatic heterocycles. The highest BCUT2D eigenvalue weighted by Crippen LogP contribution is 2.19. The molecule has 0 spiro atoms. The van der Waals surface area contributed by atoms with Crippen LogP contribution in [0, 0.1) is 5.92 Å². The average Bonchev–Trinajstić information content (AvgIpc) is 3.09. The molecule has 1 N–H and O–H groups in total. The van der Waals surface area contributed by atoms with Gasteiger partial charge in [0.1, 0.15) is 5.82 Å². The molecule has 1 amide bonds. The van der Waals surface area contributed by atoms with Crippen LogP contribution in [0.2, 0.25) is 0 Å². The van der Waals surface area contributed by atoms with Gasteiger partial charge < -0.3 is 19.9 Å². The lowest BCUT2D eigenvalue weighted by Crippen LogP contribution is -2.41. The van der Waals surface area contributed by atoms with Gasteiger partial charge in [-0.2, -0.15) is 0 Å². The van der Waals surface area contributed by atoms with Gasteiger partial charge in [-0.05, 0) is 37.3 Å². The van der Waals surface area contributed by atoms with E-state index in [9.17, 15) is 4.79 Å². The van der Waals surface area contributed by atoms with Crippen molar-refractivity contribution in [1.29, 1.82) is 0 Å². The normalized spacial score (nSPS) is 22.5. The van der Waals surface area contributed by atoms with Crippen molar-refractivity contribution in [2.45, 2.75) is 25.3 Å². The van der Waals surface area contributed by atoms with Crippen molar-refractivity contribution in [1.82, 2.24) is 14.8 Å². The first-order valence-electron chi connectivity index (χ1n) is 8.86. The SMILES string of the molecule is CN(C)C(=O)c1ccc(NC2CCN(CC3CCOC3)CC2)nc1. The van der Waals surface area contributed by atoms with Gasteiger partial charge in [-0.3, -0.25) is 4.79 Å². The van der Waals surface area contributed by atoms with Gasteiger partial charge in [0.25, 0.3) is 5.91 Å². The van der Waals surface area contributed by atoms with Crippen molar-refractivity contribution >= 4 is 11.7 Å². The summed E-state index contributed by atoms with van der Waals surface area (Å²) in [5.74, 6) is 1.56. The van der Waals surface area contributed by atoms with E-state index in [1.807, 2.05) is 12.1 Å². The zero-order chi connectivity index (χ0) is 16.9. The average molecular weight is 332 g/mol. The highest BCUT2D eigenvalue weighted by Gasteiger charge is 2.24. The fraction of sp³-hybridized carbons (Fsp3) is 0.667. The van der Waals surface area contributed by atoms with E-state index in [1.54, 1.807) is 25.2 Å². The summed E-state index contributed by atoms with van der Waals surface area (Å²) in [6.07, 6.45) is 5.13. The Morgan fingerprint density at radius 1 is 1.33 bits per heavy atom. The molecule has 6 heteroatoms. The van der Waals surface area contributed by atoms with Gasteiger partial charge in [0, 0.05) is 52.6 Å². The number of anilines is 1. The number of hydrogen-bond acceptors (Lipinski definition) is 5. The van der Waals surface area contributed by atoms with Crippen LogP contribution in [0.4, 0.5) is 5.82 Å². The molecule has 132 valence electrons. The van der Waals surface area contributed by atoms with E-state index in [1.165, 1.54) is 13.0 Å². The van der Waals surface area contributed by atoms with Crippen LogP contribution in [0.3, 0.4) is 0 Å². The second kappa shape index (κ2) is 7.94. The monoisotopic (exact) mass is 332 g/mol. The van der Waals surface area contributed by atoms with Gasteiger partial charge in [0.2, 0.25) is 0 Å². The van der Waals surface area contributed by atoms with Crippen LogP contribution in [0.15, 0.2) is 18.3 Å².